The number of nitrogens with zero attached hydrogens (tertiary/aromatic N) is 1. The Morgan fingerprint density at radius 3 is 2.74 bits per heavy atom. The minimum Gasteiger partial charge on any atom is -0.478 e. The summed E-state index contributed by atoms with van der Waals surface area (Å²) in [5.74, 6) is -0.597. The summed E-state index contributed by atoms with van der Waals surface area (Å²) >= 11 is 2.25. The van der Waals surface area contributed by atoms with E-state index in [4.69, 9.17) is 10.8 Å². The number of anilines is 3. The maximum Gasteiger partial charge on any atom is 0.337 e. The molecular formula is C13H12IN3O2. The Hall–Kier alpha value is -1.83. The standard InChI is InChI=1S/C13H12IN3O2/c1-7-2-3-9(5-10(7)14)17-12-11(15)4-8(6-16-12)13(18)19/h2-6H,15H2,1H3,(H,16,17)(H,18,19). The Kier molecular flexibility index (Phi) is 3.89. The average Bonchev–Trinajstić information content (AvgIpc) is 2.36. The van der Waals surface area contributed by atoms with Crippen LogP contribution < -0.4 is 11.1 Å². The normalized spacial score (nSPS) is 10.2. The Balaban J connectivity index is 2.28. The molecular weight excluding hydrogens is 357 g/mol. The van der Waals surface area contributed by atoms with Gasteiger partial charge in [-0.15, -0.1) is 0 Å². The van der Waals surface area contributed by atoms with Crippen molar-refractivity contribution in [2.45, 2.75) is 6.92 Å². The zero-order chi connectivity index (χ0) is 14.0. The van der Waals surface area contributed by atoms with Gasteiger partial charge in [0, 0.05) is 15.5 Å². The van der Waals surface area contributed by atoms with E-state index >= 15 is 0 Å². The number of nitrogens with one attached hydrogen (secondary N) is 1. The summed E-state index contributed by atoms with van der Waals surface area (Å²) in [7, 11) is 0. The van der Waals surface area contributed by atoms with Gasteiger partial charge in [-0.2, -0.15) is 0 Å². The van der Waals surface area contributed by atoms with Crippen LogP contribution in [-0.4, -0.2) is 16.1 Å². The number of halogens is 1. The number of hydrogen-bond acceptors (Lipinski definition) is 4. The molecule has 0 atom stereocenters. The SMILES string of the molecule is Cc1ccc(Nc2ncc(C(=O)O)cc2N)cc1I. The smallest absolute Gasteiger partial charge is 0.337 e. The number of rotatable bonds is 3. The molecule has 0 radical (unpaired) electrons. The fraction of sp³-hybridized carbons (Fsp3) is 0.0769. The van der Waals surface area contributed by atoms with Crippen LogP contribution in [0.3, 0.4) is 0 Å². The van der Waals surface area contributed by atoms with Crippen LogP contribution in [0.4, 0.5) is 17.2 Å². The summed E-state index contributed by atoms with van der Waals surface area (Å²) in [6.45, 7) is 2.03. The fourth-order valence-electron chi connectivity index (χ4n) is 1.51. The van der Waals surface area contributed by atoms with Crippen molar-refractivity contribution in [3.8, 4) is 0 Å². The highest BCUT2D eigenvalue weighted by molar-refractivity contribution is 14.1. The van der Waals surface area contributed by atoms with Gasteiger partial charge in [0.05, 0.1) is 11.3 Å². The summed E-state index contributed by atoms with van der Waals surface area (Å²) in [4.78, 5) is 14.8. The molecule has 0 amide bonds. The maximum absolute atomic E-state index is 10.8. The summed E-state index contributed by atoms with van der Waals surface area (Å²) in [5, 5.41) is 11.9. The summed E-state index contributed by atoms with van der Waals surface area (Å²) in [6.07, 6.45) is 1.28. The summed E-state index contributed by atoms with van der Waals surface area (Å²) < 4.78 is 1.13. The van der Waals surface area contributed by atoms with Gasteiger partial charge in [-0.3, -0.25) is 0 Å². The van der Waals surface area contributed by atoms with Gasteiger partial charge in [0.1, 0.15) is 0 Å². The molecule has 98 valence electrons. The van der Waals surface area contributed by atoms with Crippen molar-refractivity contribution in [1.82, 2.24) is 4.98 Å². The van der Waals surface area contributed by atoms with Gasteiger partial charge in [0.2, 0.25) is 0 Å². The number of benzene rings is 1. The van der Waals surface area contributed by atoms with Gasteiger partial charge in [-0.1, -0.05) is 6.07 Å². The predicted molar refractivity (Wildman–Crippen MR) is 82.8 cm³/mol. The van der Waals surface area contributed by atoms with Gasteiger partial charge < -0.3 is 16.2 Å². The number of aromatic carboxylic acids is 1. The van der Waals surface area contributed by atoms with Crippen LogP contribution in [0.25, 0.3) is 0 Å². The van der Waals surface area contributed by atoms with Gasteiger partial charge in [0.15, 0.2) is 5.82 Å². The van der Waals surface area contributed by atoms with E-state index in [2.05, 4.69) is 32.9 Å². The Bertz CT molecular complexity index is 644. The van der Waals surface area contributed by atoms with Gasteiger partial charge >= 0.3 is 5.97 Å². The molecule has 0 fully saturated rings. The molecule has 0 aliphatic heterocycles. The molecule has 2 rings (SSSR count). The lowest BCUT2D eigenvalue weighted by molar-refractivity contribution is 0.0696. The van der Waals surface area contributed by atoms with Crippen molar-refractivity contribution in [1.29, 1.82) is 0 Å². The summed E-state index contributed by atoms with van der Waals surface area (Å²) in [6, 6.07) is 7.27. The number of nitrogen functional groups attached to an aromatic ring is 1. The topological polar surface area (TPSA) is 88.2 Å². The van der Waals surface area contributed by atoms with Crippen LogP contribution in [0.15, 0.2) is 30.5 Å². The van der Waals surface area contributed by atoms with Gasteiger partial charge in [-0.25, -0.2) is 9.78 Å². The van der Waals surface area contributed by atoms with Crippen molar-refractivity contribution < 1.29 is 9.90 Å². The van der Waals surface area contributed by atoms with Crippen molar-refractivity contribution >= 4 is 45.8 Å². The molecule has 0 saturated carbocycles. The number of hydrogen-bond donors (Lipinski definition) is 3. The molecule has 19 heavy (non-hydrogen) atoms. The minimum atomic E-state index is -1.05. The molecule has 6 heteroatoms. The van der Waals surface area contributed by atoms with Crippen LogP contribution in [0, 0.1) is 10.5 Å². The van der Waals surface area contributed by atoms with Crippen molar-refractivity contribution in [2.75, 3.05) is 11.1 Å². The molecule has 0 bridgehead atoms. The van der Waals surface area contributed by atoms with Crippen molar-refractivity contribution in [3.63, 3.8) is 0 Å². The van der Waals surface area contributed by atoms with Crippen LogP contribution in [0.2, 0.25) is 0 Å². The number of pyridine rings is 1. The van der Waals surface area contributed by atoms with Gasteiger partial charge in [0.25, 0.3) is 0 Å². The number of nitrogens with two attached hydrogens (primary N) is 1. The lowest BCUT2D eigenvalue weighted by Gasteiger charge is -2.10. The number of aryl methyl sites for hydroxylation is 1. The van der Waals surface area contributed by atoms with E-state index < -0.39 is 5.97 Å². The second-order valence-electron chi connectivity index (χ2n) is 4.06. The van der Waals surface area contributed by atoms with Crippen LogP contribution >= 0.6 is 22.6 Å². The number of carboxylic acids is 1. The first kappa shape index (κ1) is 13.6. The Labute approximate surface area is 124 Å². The first-order chi connectivity index (χ1) is 8.97. The lowest BCUT2D eigenvalue weighted by Crippen LogP contribution is -2.04. The molecule has 0 aliphatic rings. The second-order valence-corrected chi connectivity index (χ2v) is 5.22. The summed E-state index contributed by atoms with van der Waals surface area (Å²) in [5.41, 5.74) is 8.20. The third-order valence-corrected chi connectivity index (χ3v) is 3.76. The third-order valence-electron chi connectivity index (χ3n) is 2.60. The van der Waals surface area contributed by atoms with Crippen molar-refractivity contribution in [2.24, 2.45) is 0 Å². The van der Waals surface area contributed by atoms with Crippen molar-refractivity contribution in [3.05, 3.63) is 45.2 Å². The van der Waals surface area contributed by atoms with E-state index in [9.17, 15) is 4.79 Å². The largest absolute Gasteiger partial charge is 0.478 e. The molecule has 0 spiro atoms. The maximum atomic E-state index is 10.8. The van der Waals surface area contributed by atoms with E-state index in [1.165, 1.54) is 17.8 Å². The predicted octanol–water partition coefficient (Wildman–Crippen LogP) is 3.02. The number of carboxylic acid groups (broad SMARTS) is 1. The monoisotopic (exact) mass is 369 g/mol. The Morgan fingerprint density at radius 2 is 2.16 bits per heavy atom. The van der Waals surface area contributed by atoms with E-state index in [0.29, 0.717) is 11.5 Å². The molecule has 2 aromatic rings. The van der Waals surface area contributed by atoms with Crippen LogP contribution in [-0.2, 0) is 0 Å². The van der Waals surface area contributed by atoms with Crippen LogP contribution in [0.5, 0.6) is 0 Å². The quantitative estimate of drug-likeness (QED) is 0.724. The lowest BCUT2D eigenvalue weighted by atomic mass is 10.2. The van der Waals surface area contributed by atoms with E-state index in [1.807, 2.05) is 25.1 Å². The first-order valence-electron chi connectivity index (χ1n) is 5.49. The molecule has 5 nitrogen and oxygen atoms in total. The highest BCUT2D eigenvalue weighted by atomic mass is 127. The third kappa shape index (κ3) is 3.14. The minimum absolute atomic E-state index is 0.0709. The second kappa shape index (κ2) is 5.43. The highest BCUT2D eigenvalue weighted by Gasteiger charge is 2.08. The zero-order valence-electron chi connectivity index (χ0n) is 10.1. The molecule has 1 aromatic heterocycles. The van der Waals surface area contributed by atoms with E-state index in [-0.39, 0.29) is 5.56 Å². The highest BCUT2D eigenvalue weighted by Crippen LogP contribution is 2.24. The zero-order valence-corrected chi connectivity index (χ0v) is 12.3. The van der Waals surface area contributed by atoms with Gasteiger partial charge in [-0.05, 0) is 53.3 Å². The first-order valence-corrected chi connectivity index (χ1v) is 6.57. The molecule has 0 aliphatic carbocycles. The van der Waals surface area contributed by atoms with E-state index in [0.717, 1.165) is 9.26 Å². The molecule has 4 N–H and O–H groups in total. The molecule has 0 unspecified atom stereocenters. The fourth-order valence-corrected chi connectivity index (χ4v) is 2.03. The number of aromatic nitrogens is 1. The average molecular weight is 369 g/mol. The van der Waals surface area contributed by atoms with E-state index in [1.54, 1.807) is 0 Å². The molecule has 1 heterocycles. The Morgan fingerprint density at radius 1 is 1.42 bits per heavy atom. The molecule has 0 saturated heterocycles. The molecule has 1 aromatic carbocycles. The number of carbonyl (C=O) groups is 1. The van der Waals surface area contributed by atoms with Crippen LogP contribution in [0.1, 0.15) is 15.9 Å².